The quantitative estimate of drug-likeness (QED) is 0.935. The van der Waals surface area contributed by atoms with Crippen molar-refractivity contribution in [1.82, 2.24) is 4.90 Å². The van der Waals surface area contributed by atoms with Gasteiger partial charge in [-0.1, -0.05) is 42.5 Å². The third-order valence-electron chi connectivity index (χ3n) is 4.49. The molecule has 0 saturated carbocycles. The summed E-state index contributed by atoms with van der Waals surface area (Å²) in [6.45, 7) is 3.53. The van der Waals surface area contributed by atoms with Crippen LogP contribution < -0.4 is 5.73 Å². The summed E-state index contributed by atoms with van der Waals surface area (Å²) in [5.74, 6) is 0.547. The van der Waals surface area contributed by atoms with Gasteiger partial charge in [-0.2, -0.15) is 0 Å². The van der Waals surface area contributed by atoms with E-state index in [0.29, 0.717) is 12.5 Å². The van der Waals surface area contributed by atoms with E-state index in [4.69, 9.17) is 5.73 Å². The van der Waals surface area contributed by atoms with Crippen LogP contribution in [0, 0.1) is 5.92 Å². The lowest BCUT2D eigenvalue weighted by Crippen LogP contribution is -2.34. The van der Waals surface area contributed by atoms with E-state index < -0.39 is 0 Å². The topological polar surface area (TPSA) is 46.3 Å². The highest BCUT2D eigenvalue weighted by molar-refractivity contribution is 5.95. The predicted molar refractivity (Wildman–Crippen MR) is 96.8 cm³/mol. The number of likely N-dealkylation sites (tertiary alicyclic amines) is 1. The summed E-state index contributed by atoms with van der Waals surface area (Å²) in [5.41, 5.74) is 8.79. The van der Waals surface area contributed by atoms with Gasteiger partial charge in [0.05, 0.1) is 0 Å². The minimum atomic E-state index is 0. The zero-order valence-corrected chi connectivity index (χ0v) is 14.1. The highest BCUT2D eigenvalue weighted by atomic mass is 35.5. The van der Waals surface area contributed by atoms with Gasteiger partial charge in [0.1, 0.15) is 0 Å². The number of nitrogens with zero attached hydrogens (tertiary/aromatic N) is 1. The van der Waals surface area contributed by atoms with E-state index in [0.717, 1.165) is 24.1 Å². The zero-order chi connectivity index (χ0) is 15.5. The van der Waals surface area contributed by atoms with Crippen LogP contribution in [-0.4, -0.2) is 29.9 Å². The molecule has 0 aromatic heterocycles. The second-order valence-corrected chi connectivity index (χ2v) is 6.09. The molecule has 0 bridgehead atoms. The average molecular weight is 331 g/mol. The molecule has 0 aliphatic carbocycles. The Labute approximate surface area is 143 Å². The van der Waals surface area contributed by atoms with Crippen LogP contribution in [0.2, 0.25) is 0 Å². The smallest absolute Gasteiger partial charge is 0.254 e. The molecule has 1 aliphatic heterocycles. The van der Waals surface area contributed by atoms with E-state index >= 15 is 0 Å². The molecule has 2 aromatic carbocycles. The number of amides is 1. The lowest BCUT2D eigenvalue weighted by molar-refractivity contribution is 0.0743. The van der Waals surface area contributed by atoms with E-state index in [1.165, 1.54) is 5.56 Å². The Kier molecular flexibility index (Phi) is 5.80. The first-order valence-electron chi connectivity index (χ1n) is 7.85. The number of benzene rings is 2. The third kappa shape index (κ3) is 3.74. The van der Waals surface area contributed by atoms with Crippen molar-refractivity contribution in [2.24, 2.45) is 11.7 Å². The van der Waals surface area contributed by atoms with Crippen molar-refractivity contribution < 1.29 is 4.79 Å². The van der Waals surface area contributed by atoms with Crippen molar-refractivity contribution in [3.8, 4) is 11.1 Å². The van der Waals surface area contributed by atoms with Crippen LogP contribution in [0.25, 0.3) is 11.1 Å². The number of rotatable bonds is 3. The Morgan fingerprint density at radius 1 is 1.09 bits per heavy atom. The summed E-state index contributed by atoms with van der Waals surface area (Å²) in [6.07, 6.45) is 1.00. The molecule has 1 saturated heterocycles. The molecule has 122 valence electrons. The maximum Gasteiger partial charge on any atom is 0.254 e. The van der Waals surface area contributed by atoms with Gasteiger partial charge in [0, 0.05) is 18.2 Å². The van der Waals surface area contributed by atoms with Crippen LogP contribution in [0.1, 0.15) is 23.7 Å². The Morgan fingerprint density at radius 3 is 2.26 bits per heavy atom. The normalized spacial score (nSPS) is 20.2. The second-order valence-electron chi connectivity index (χ2n) is 6.09. The molecule has 3 nitrogen and oxygen atoms in total. The van der Waals surface area contributed by atoms with Crippen molar-refractivity contribution in [3.05, 3.63) is 60.2 Å². The van der Waals surface area contributed by atoms with Gasteiger partial charge in [-0.25, -0.2) is 0 Å². The fourth-order valence-corrected chi connectivity index (χ4v) is 3.20. The molecule has 4 heteroatoms. The van der Waals surface area contributed by atoms with Crippen LogP contribution in [0.3, 0.4) is 0 Å². The first kappa shape index (κ1) is 17.5. The van der Waals surface area contributed by atoms with Gasteiger partial charge in [0.2, 0.25) is 0 Å². The highest BCUT2D eigenvalue weighted by Crippen LogP contribution is 2.25. The molecule has 1 fully saturated rings. The van der Waals surface area contributed by atoms with Crippen LogP contribution >= 0.6 is 12.4 Å². The second kappa shape index (κ2) is 7.62. The summed E-state index contributed by atoms with van der Waals surface area (Å²) < 4.78 is 0. The van der Waals surface area contributed by atoms with Gasteiger partial charge in [-0.15, -0.1) is 12.4 Å². The van der Waals surface area contributed by atoms with Gasteiger partial charge in [0.15, 0.2) is 0 Å². The van der Waals surface area contributed by atoms with Crippen LogP contribution in [0.15, 0.2) is 54.6 Å². The number of hydrogen-bond donors (Lipinski definition) is 1. The van der Waals surface area contributed by atoms with E-state index in [9.17, 15) is 4.79 Å². The summed E-state index contributed by atoms with van der Waals surface area (Å²) in [7, 11) is 0. The molecule has 2 N–H and O–H groups in total. The van der Waals surface area contributed by atoms with Crippen molar-refractivity contribution in [2.75, 3.05) is 13.1 Å². The van der Waals surface area contributed by atoms with Crippen molar-refractivity contribution in [1.29, 1.82) is 0 Å². The predicted octanol–water partition coefficient (Wildman–Crippen LogP) is 3.58. The molecule has 0 radical (unpaired) electrons. The van der Waals surface area contributed by atoms with Crippen LogP contribution in [0.4, 0.5) is 0 Å². The highest BCUT2D eigenvalue weighted by Gasteiger charge is 2.31. The van der Waals surface area contributed by atoms with Crippen molar-refractivity contribution in [2.45, 2.75) is 19.4 Å². The Hall–Kier alpha value is -1.84. The molecule has 1 heterocycles. The maximum absolute atomic E-state index is 12.7. The molecule has 1 amide bonds. The molecule has 23 heavy (non-hydrogen) atoms. The fraction of sp³-hybridized carbons (Fsp3) is 0.316. The van der Waals surface area contributed by atoms with E-state index in [1.807, 2.05) is 47.4 Å². The Bertz CT molecular complexity index is 642. The Morgan fingerprint density at radius 2 is 1.70 bits per heavy atom. The summed E-state index contributed by atoms with van der Waals surface area (Å²) in [4.78, 5) is 14.6. The van der Waals surface area contributed by atoms with Gasteiger partial charge in [0.25, 0.3) is 5.91 Å². The van der Waals surface area contributed by atoms with E-state index in [-0.39, 0.29) is 24.4 Å². The first-order valence-corrected chi connectivity index (χ1v) is 7.85. The number of hydrogen-bond acceptors (Lipinski definition) is 2. The number of carbonyl (C=O) groups is 1. The number of nitrogens with two attached hydrogens (primary N) is 1. The molecule has 3 rings (SSSR count). The number of halogens is 1. The SMILES string of the molecule is CC1CC(CN)CN1C(=O)c1ccc(-c2ccccc2)cc1.Cl. The summed E-state index contributed by atoms with van der Waals surface area (Å²) in [6, 6.07) is 18.4. The molecular weight excluding hydrogens is 308 g/mol. The van der Waals surface area contributed by atoms with Crippen LogP contribution in [-0.2, 0) is 0 Å². The van der Waals surface area contributed by atoms with Crippen molar-refractivity contribution >= 4 is 18.3 Å². The van der Waals surface area contributed by atoms with Gasteiger partial charge >= 0.3 is 0 Å². The number of carbonyl (C=O) groups excluding carboxylic acids is 1. The lowest BCUT2D eigenvalue weighted by atomic mass is 10.0. The largest absolute Gasteiger partial charge is 0.336 e. The molecule has 2 aromatic rings. The van der Waals surface area contributed by atoms with Gasteiger partial charge in [-0.05, 0) is 49.1 Å². The zero-order valence-electron chi connectivity index (χ0n) is 13.3. The summed E-state index contributed by atoms with van der Waals surface area (Å²) >= 11 is 0. The van der Waals surface area contributed by atoms with Crippen LogP contribution in [0.5, 0.6) is 0 Å². The molecular formula is C19H23ClN2O. The average Bonchev–Trinajstić information content (AvgIpc) is 2.96. The fourth-order valence-electron chi connectivity index (χ4n) is 3.20. The minimum Gasteiger partial charge on any atom is -0.336 e. The van der Waals surface area contributed by atoms with Crippen molar-refractivity contribution in [3.63, 3.8) is 0 Å². The van der Waals surface area contributed by atoms with Gasteiger partial charge < -0.3 is 10.6 Å². The molecule has 1 aliphatic rings. The lowest BCUT2D eigenvalue weighted by Gasteiger charge is -2.21. The molecule has 2 atom stereocenters. The first-order chi connectivity index (χ1) is 10.7. The monoisotopic (exact) mass is 330 g/mol. The standard InChI is InChI=1S/C19H22N2O.ClH/c1-14-11-15(12-20)13-21(14)19(22)18-9-7-17(8-10-18)16-5-3-2-4-6-16;/h2-10,14-15H,11-13,20H2,1H3;1H. The molecule has 2 unspecified atom stereocenters. The maximum atomic E-state index is 12.7. The van der Waals surface area contributed by atoms with E-state index in [2.05, 4.69) is 19.1 Å². The Balaban J connectivity index is 0.00000192. The third-order valence-corrected chi connectivity index (χ3v) is 4.49. The van der Waals surface area contributed by atoms with Gasteiger partial charge in [-0.3, -0.25) is 4.79 Å². The minimum absolute atomic E-state index is 0. The molecule has 0 spiro atoms. The van der Waals surface area contributed by atoms with E-state index in [1.54, 1.807) is 0 Å². The summed E-state index contributed by atoms with van der Waals surface area (Å²) in [5, 5.41) is 0.